The normalized spacial score (nSPS) is 13.4. The monoisotopic (exact) mass is 438 g/mol. The third kappa shape index (κ3) is 5.42. The van der Waals surface area contributed by atoms with Crippen molar-refractivity contribution in [1.29, 1.82) is 0 Å². The number of amides is 1. The van der Waals surface area contributed by atoms with E-state index in [-0.39, 0.29) is 6.04 Å². The van der Waals surface area contributed by atoms with Crippen LogP contribution in [-0.4, -0.2) is 33.7 Å². The molecule has 29 heavy (non-hydrogen) atoms. The van der Waals surface area contributed by atoms with Gasteiger partial charge in [0.05, 0.1) is 25.1 Å². The fourth-order valence-corrected chi connectivity index (χ4v) is 4.57. The van der Waals surface area contributed by atoms with Gasteiger partial charge >= 0.3 is 0 Å². The third-order valence-electron chi connectivity index (χ3n) is 4.70. The van der Waals surface area contributed by atoms with Gasteiger partial charge in [-0.15, -0.1) is 0 Å². The summed E-state index contributed by atoms with van der Waals surface area (Å²) < 4.78 is 31.6. The number of aryl methyl sites for hydroxylation is 1. The van der Waals surface area contributed by atoms with Crippen molar-refractivity contribution < 1.29 is 17.9 Å². The molecule has 158 valence electrons. The number of carbonyl (C=O) groups excluding carboxylic acids is 1. The Hall–Kier alpha value is -2.25. The van der Waals surface area contributed by atoms with E-state index in [1.807, 2.05) is 38.1 Å². The average molecular weight is 439 g/mol. The summed E-state index contributed by atoms with van der Waals surface area (Å²) in [5.41, 5.74) is 1.99. The number of hydrogen-bond donors (Lipinski definition) is 1. The first-order valence-electron chi connectivity index (χ1n) is 9.29. The Bertz CT molecular complexity index is 978. The Labute approximate surface area is 177 Å². The van der Waals surface area contributed by atoms with Crippen molar-refractivity contribution in [2.75, 3.05) is 17.7 Å². The second-order valence-corrected chi connectivity index (χ2v) is 9.16. The van der Waals surface area contributed by atoms with Gasteiger partial charge < -0.3 is 10.1 Å². The summed E-state index contributed by atoms with van der Waals surface area (Å²) in [6.45, 7) is 5.43. The van der Waals surface area contributed by atoms with E-state index in [1.54, 1.807) is 32.2 Å². The molecule has 8 heteroatoms. The van der Waals surface area contributed by atoms with E-state index >= 15 is 0 Å². The number of ether oxygens (including phenoxy) is 1. The molecule has 0 radical (unpaired) electrons. The molecule has 0 aliphatic carbocycles. The van der Waals surface area contributed by atoms with E-state index in [4.69, 9.17) is 16.3 Å². The molecule has 0 bridgehead atoms. The fourth-order valence-electron chi connectivity index (χ4n) is 3.19. The van der Waals surface area contributed by atoms with Crippen molar-refractivity contribution in [2.24, 2.45) is 0 Å². The van der Waals surface area contributed by atoms with Gasteiger partial charge in [0.25, 0.3) is 0 Å². The Kier molecular flexibility index (Phi) is 7.54. The highest BCUT2D eigenvalue weighted by Crippen LogP contribution is 2.29. The molecule has 0 aliphatic rings. The molecule has 0 aromatic heterocycles. The van der Waals surface area contributed by atoms with Crippen molar-refractivity contribution in [2.45, 2.75) is 39.3 Å². The minimum Gasteiger partial charge on any atom is -0.496 e. The second kappa shape index (κ2) is 9.50. The lowest BCUT2D eigenvalue weighted by molar-refractivity contribution is -0.122. The van der Waals surface area contributed by atoms with Crippen LogP contribution in [0.25, 0.3) is 0 Å². The van der Waals surface area contributed by atoms with Gasteiger partial charge in [0.1, 0.15) is 11.8 Å². The highest BCUT2D eigenvalue weighted by atomic mass is 35.5. The minimum absolute atomic E-state index is 0.295. The first-order chi connectivity index (χ1) is 13.6. The van der Waals surface area contributed by atoms with E-state index in [1.165, 1.54) is 0 Å². The fraction of sp³-hybridized carbons (Fsp3) is 0.381. The van der Waals surface area contributed by atoms with Crippen molar-refractivity contribution in [3.8, 4) is 5.75 Å². The van der Waals surface area contributed by atoms with Crippen LogP contribution in [0, 0.1) is 6.92 Å². The maximum absolute atomic E-state index is 13.1. The molecule has 1 N–H and O–H groups in total. The summed E-state index contributed by atoms with van der Waals surface area (Å²) >= 11 is 6.20. The maximum Gasteiger partial charge on any atom is 0.244 e. The number of sulfonamides is 1. The quantitative estimate of drug-likeness (QED) is 0.673. The number of para-hydroxylation sites is 1. The highest BCUT2D eigenvalue weighted by molar-refractivity contribution is 7.92. The van der Waals surface area contributed by atoms with Crippen LogP contribution >= 0.6 is 11.6 Å². The van der Waals surface area contributed by atoms with Gasteiger partial charge in [0.2, 0.25) is 15.9 Å². The molecular weight excluding hydrogens is 412 g/mol. The highest BCUT2D eigenvalue weighted by Gasteiger charge is 2.32. The summed E-state index contributed by atoms with van der Waals surface area (Å²) in [7, 11) is -2.16. The van der Waals surface area contributed by atoms with Gasteiger partial charge in [0, 0.05) is 10.6 Å². The topological polar surface area (TPSA) is 75.7 Å². The Morgan fingerprint density at radius 3 is 2.45 bits per heavy atom. The van der Waals surface area contributed by atoms with Crippen LogP contribution in [0.1, 0.15) is 37.4 Å². The Balaban J connectivity index is 2.36. The van der Waals surface area contributed by atoms with Crippen LogP contribution in [0.3, 0.4) is 0 Å². The van der Waals surface area contributed by atoms with Crippen LogP contribution in [-0.2, 0) is 14.8 Å². The number of carbonyl (C=O) groups is 1. The summed E-state index contributed by atoms with van der Waals surface area (Å²) in [5.74, 6) is 0.256. The van der Waals surface area contributed by atoms with Gasteiger partial charge in [-0.05, 0) is 44.0 Å². The molecule has 0 unspecified atom stereocenters. The standard InChI is InChI=1S/C21H27ClN2O4S/c1-6-19(21(25)23-15(3)17-9-7-8-10-20(17)28-4)24(29(5,26)27)16-12-11-14(2)18(22)13-16/h7-13,15,19H,6H2,1-5H3,(H,23,25)/t15-,19+/m0/s1. The van der Waals surface area contributed by atoms with E-state index < -0.39 is 22.0 Å². The molecule has 0 spiro atoms. The summed E-state index contributed by atoms with van der Waals surface area (Å²) in [6.07, 6.45) is 1.38. The molecule has 0 saturated heterocycles. The maximum atomic E-state index is 13.1. The zero-order chi connectivity index (χ0) is 21.8. The number of methoxy groups -OCH3 is 1. The molecule has 2 aromatic rings. The smallest absolute Gasteiger partial charge is 0.244 e. The lowest BCUT2D eigenvalue weighted by atomic mass is 10.1. The van der Waals surface area contributed by atoms with Gasteiger partial charge in [-0.1, -0.05) is 42.8 Å². The number of rotatable bonds is 8. The number of hydrogen-bond acceptors (Lipinski definition) is 4. The number of anilines is 1. The van der Waals surface area contributed by atoms with E-state index in [0.717, 1.165) is 21.7 Å². The van der Waals surface area contributed by atoms with Crippen LogP contribution in [0.15, 0.2) is 42.5 Å². The summed E-state index contributed by atoms with van der Waals surface area (Å²) in [6, 6.07) is 11.0. The predicted octanol–water partition coefficient (Wildman–Crippen LogP) is 4.08. The number of nitrogens with one attached hydrogen (secondary N) is 1. The molecule has 2 atom stereocenters. The van der Waals surface area contributed by atoms with Gasteiger partial charge in [0.15, 0.2) is 0 Å². The predicted molar refractivity (Wildman–Crippen MR) is 117 cm³/mol. The van der Waals surface area contributed by atoms with Crippen molar-refractivity contribution >= 4 is 33.2 Å². The van der Waals surface area contributed by atoms with Crippen LogP contribution < -0.4 is 14.4 Å². The van der Waals surface area contributed by atoms with Gasteiger partial charge in [-0.3, -0.25) is 9.10 Å². The van der Waals surface area contributed by atoms with Crippen LogP contribution in [0.4, 0.5) is 5.69 Å². The number of nitrogens with zero attached hydrogens (tertiary/aromatic N) is 1. The van der Waals surface area contributed by atoms with Crippen molar-refractivity contribution in [3.05, 3.63) is 58.6 Å². The Morgan fingerprint density at radius 1 is 1.24 bits per heavy atom. The molecule has 0 heterocycles. The average Bonchev–Trinajstić information content (AvgIpc) is 2.67. The van der Waals surface area contributed by atoms with Crippen LogP contribution in [0.5, 0.6) is 5.75 Å². The molecule has 0 saturated carbocycles. The molecule has 2 rings (SSSR count). The second-order valence-electron chi connectivity index (χ2n) is 6.89. The third-order valence-corrected chi connectivity index (χ3v) is 6.29. The number of halogens is 1. The zero-order valence-electron chi connectivity index (χ0n) is 17.3. The lowest BCUT2D eigenvalue weighted by Gasteiger charge is -2.31. The molecule has 1 amide bonds. The minimum atomic E-state index is -3.73. The van der Waals surface area contributed by atoms with Crippen molar-refractivity contribution in [3.63, 3.8) is 0 Å². The molecular formula is C21H27ClN2O4S. The van der Waals surface area contributed by atoms with Gasteiger partial charge in [-0.2, -0.15) is 0 Å². The molecule has 2 aromatic carbocycles. The van der Waals surface area contributed by atoms with E-state index in [2.05, 4.69) is 5.32 Å². The van der Waals surface area contributed by atoms with Crippen LogP contribution in [0.2, 0.25) is 5.02 Å². The van der Waals surface area contributed by atoms with Gasteiger partial charge in [-0.25, -0.2) is 8.42 Å². The zero-order valence-corrected chi connectivity index (χ0v) is 18.8. The van der Waals surface area contributed by atoms with E-state index in [9.17, 15) is 13.2 Å². The molecule has 0 fully saturated rings. The number of benzene rings is 2. The molecule has 6 nitrogen and oxygen atoms in total. The summed E-state index contributed by atoms with van der Waals surface area (Å²) in [5, 5.41) is 3.35. The van der Waals surface area contributed by atoms with Crippen molar-refractivity contribution in [1.82, 2.24) is 5.32 Å². The van der Waals surface area contributed by atoms with E-state index in [0.29, 0.717) is 22.9 Å². The SMILES string of the molecule is CC[C@H](C(=O)N[C@@H](C)c1ccccc1OC)N(c1ccc(C)c(Cl)c1)S(C)(=O)=O. The lowest BCUT2D eigenvalue weighted by Crippen LogP contribution is -2.49. The Morgan fingerprint density at radius 2 is 1.90 bits per heavy atom. The first kappa shape index (κ1) is 23.0. The molecule has 0 aliphatic heterocycles. The summed E-state index contributed by atoms with van der Waals surface area (Å²) in [4.78, 5) is 13.1. The largest absolute Gasteiger partial charge is 0.496 e. The first-order valence-corrected chi connectivity index (χ1v) is 11.5.